The predicted octanol–water partition coefficient (Wildman–Crippen LogP) is 2.58. The van der Waals surface area contributed by atoms with Gasteiger partial charge < -0.3 is 20.3 Å². The summed E-state index contributed by atoms with van der Waals surface area (Å²) >= 11 is 0. The molecule has 9 nitrogen and oxygen atoms in total. The second-order valence-electron chi connectivity index (χ2n) is 7.06. The molecular formula is C20H25N5O4. The maximum Gasteiger partial charge on any atom is 0.293 e. The first-order chi connectivity index (χ1) is 14.0. The monoisotopic (exact) mass is 399 g/mol. The summed E-state index contributed by atoms with van der Waals surface area (Å²) in [5, 5.41) is 17.4. The molecule has 0 saturated carbocycles. The van der Waals surface area contributed by atoms with Crippen molar-refractivity contribution in [1.82, 2.24) is 10.3 Å². The van der Waals surface area contributed by atoms with Gasteiger partial charge >= 0.3 is 0 Å². The number of pyridine rings is 1. The number of nitrogens with zero attached hydrogens (tertiary/aromatic N) is 3. The molecule has 1 aromatic heterocycles. The minimum atomic E-state index is -0.485. The van der Waals surface area contributed by atoms with E-state index in [0.717, 1.165) is 24.5 Å². The Morgan fingerprint density at radius 2 is 2.07 bits per heavy atom. The molecule has 1 aliphatic rings. The van der Waals surface area contributed by atoms with Gasteiger partial charge in [-0.2, -0.15) is 0 Å². The Kier molecular flexibility index (Phi) is 6.61. The van der Waals surface area contributed by atoms with Gasteiger partial charge in [0.15, 0.2) is 0 Å². The van der Waals surface area contributed by atoms with E-state index in [1.54, 1.807) is 18.3 Å². The number of aromatic nitrogens is 1. The number of nitrogens with one attached hydrogen (secondary N) is 2. The predicted molar refractivity (Wildman–Crippen MR) is 110 cm³/mol. The van der Waals surface area contributed by atoms with E-state index >= 15 is 0 Å². The van der Waals surface area contributed by atoms with Gasteiger partial charge in [0.05, 0.1) is 18.1 Å². The number of benzene rings is 1. The first-order valence-electron chi connectivity index (χ1n) is 9.55. The Hall–Kier alpha value is -3.20. The zero-order chi connectivity index (χ0) is 20.8. The number of carbonyl (C=O) groups excluding carboxylic acids is 1. The highest BCUT2D eigenvalue weighted by atomic mass is 16.6. The fourth-order valence-electron chi connectivity index (χ4n) is 3.14. The van der Waals surface area contributed by atoms with E-state index in [4.69, 9.17) is 4.74 Å². The summed E-state index contributed by atoms with van der Waals surface area (Å²) in [6, 6.07) is 8.18. The number of hydrogen-bond donors (Lipinski definition) is 2. The molecule has 1 fully saturated rings. The maximum atomic E-state index is 12.2. The van der Waals surface area contributed by atoms with Crippen LogP contribution >= 0.6 is 0 Å². The van der Waals surface area contributed by atoms with Crippen LogP contribution in [0.3, 0.4) is 0 Å². The number of carbonyl (C=O) groups is 1. The molecule has 29 heavy (non-hydrogen) atoms. The molecule has 0 unspecified atom stereocenters. The van der Waals surface area contributed by atoms with Gasteiger partial charge in [-0.05, 0) is 32.0 Å². The van der Waals surface area contributed by atoms with Crippen LogP contribution in [-0.4, -0.2) is 48.2 Å². The zero-order valence-corrected chi connectivity index (χ0v) is 16.6. The SMILES string of the molecule is CC(C)NC(=O)c1ccc(NCc2cccnc2N2CCOCC2)c([N+](=O)[O-])c1. The summed E-state index contributed by atoms with van der Waals surface area (Å²) in [5.41, 5.74) is 1.41. The third-order valence-electron chi connectivity index (χ3n) is 4.52. The van der Waals surface area contributed by atoms with Crippen molar-refractivity contribution in [2.75, 3.05) is 36.5 Å². The number of amides is 1. The van der Waals surface area contributed by atoms with Crippen molar-refractivity contribution in [1.29, 1.82) is 0 Å². The molecule has 1 amide bonds. The molecule has 1 aliphatic heterocycles. The van der Waals surface area contributed by atoms with Gasteiger partial charge in [0.1, 0.15) is 11.5 Å². The van der Waals surface area contributed by atoms with Crippen LogP contribution in [-0.2, 0) is 11.3 Å². The molecule has 1 aromatic carbocycles. The van der Waals surface area contributed by atoms with Crippen LogP contribution in [0.1, 0.15) is 29.8 Å². The summed E-state index contributed by atoms with van der Waals surface area (Å²) in [6.45, 7) is 6.85. The van der Waals surface area contributed by atoms with Crippen LogP contribution in [0, 0.1) is 10.1 Å². The van der Waals surface area contributed by atoms with Gasteiger partial charge in [-0.25, -0.2) is 4.98 Å². The molecule has 0 radical (unpaired) electrons. The Morgan fingerprint density at radius 1 is 1.31 bits per heavy atom. The highest BCUT2D eigenvalue weighted by molar-refractivity contribution is 5.95. The van der Waals surface area contributed by atoms with Crippen molar-refractivity contribution in [2.45, 2.75) is 26.4 Å². The lowest BCUT2D eigenvalue weighted by Gasteiger charge is -2.29. The molecule has 2 N–H and O–H groups in total. The van der Waals surface area contributed by atoms with E-state index in [2.05, 4.69) is 20.5 Å². The summed E-state index contributed by atoms with van der Waals surface area (Å²) < 4.78 is 5.39. The number of morpholine rings is 1. The van der Waals surface area contributed by atoms with Crippen LogP contribution in [0.25, 0.3) is 0 Å². The lowest BCUT2D eigenvalue weighted by molar-refractivity contribution is -0.384. The third-order valence-corrected chi connectivity index (χ3v) is 4.52. The van der Waals surface area contributed by atoms with E-state index in [1.807, 2.05) is 26.0 Å². The largest absolute Gasteiger partial charge is 0.378 e. The summed E-state index contributed by atoms with van der Waals surface area (Å²) in [6.07, 6.45) is 1.73. The van der Waals surface area contributed by atoms with Gasteiger partial charge in [0.2, 0.25) is 0 Å². The topological polar surface area (TPSA) is 110 Å². The smallest absolute Gasteiger partial charge is 0.293 e. The van der Waals surface area contributed by atoms with E-state index in [9.17, 15) is 14.9 Å². The molecule has 0 bridgehead atoms. The minimum Gasteiger partial charge on any atom is -0.378 e. The molecule has 0 aliphatic carbocycles. The van der Waals surface area contributed by atoms with E-state index in [-0.39, 0.29) is 23.2 Å². The van der Waals surface area contributed by atoms with Crippen LogP contribution in [0.4, 0.5) is 17.2 Å². The Bertz CT molecular complexity index is 881. The first-order valence-corrected chi connectivity index (χ1v) is 9.55. The summed E-state index contributed by atoms with van der Waals surface area (Å²) in [5.74, 6) is 0.510. The van der Waals surface area contributed by atoms with E-state index in [0.29, 0.717) is 25.4 Å². The van der Waals surface area contributed by atoms with E-state index in [1.165, 1.54) is 6.07 Å². The molecule has 9 heteroatoms. The average molecular weight is 399 g/mol. The number of rotatable bonds is 7. The highest BCUT2D eigenvalue weighted by Crippen LogP contribution is 2.27. The summed E-state index contributed by atoms with van der Waals surface area (Å²) in [7, 11) is 0. The summed E-state index contributed by atoms with van der Waals surface area (Å²) in [4.78, 5) is 29.8. The van der Waals surface area contributed by atoms with Gasteiger partial charge in [-0.3, -0.25) is 14.9 Å². The van der Waals surface area contributed by atoms with Crippen molar-refractivity contribution in [3.8, 4) is 0 Å². The molecular weight excluding hydrogens is 374 g/mol. The van der Waals surface area contributed by atoms with Crippen LogP contribution in [0.15, 0.2) is 36.5 Å². The van der Waals surface area contributed by atoms with Crippen molar-refractivity contribution in [3.63, 3.8) is 0 Å². The average Bonchev–Trinajstić information content (AvgIpc) is 2.72. The molecule has 3 rings (SSSR count). The molecule has 2 aromatic rings. The minimum absolute atomic E-state index is 0.0523. The van der Waals surface area contributed by atoms with Crippen LogP contribution in [0.2, 0.25) is 0 Å². The number of ether oxygens (including phenoxy) is 1. The maximum absolute atomic E-state index is 12.2. The Balaban J connectivity index is 1.79. The van der Waals surface area contributed by atoms with Gasteiger partial charge in [0.25, 0.3) is 11.6 Å². The van der Waals surface area contributed by atoms with Gasteiger partial charge in [-0.1, -0.05) is 6.07 Å². The number of nitro benzene ring substituents is 1. The Labute approximate surface area is 169 Å². The highest BCUT2D eigenvalue weighted by Gasteiger charge is 2.20. The van der Waals surface area contributed by atoms with Crippen molar-refractivity contribution in [2.24, 2.45) is 0 Å². The standard InChI is InChI=1S/C20H25N5O4/c1-14(2)23-20(26)15-5-6-17(18(12-15)25(27)28)22-13-16-4-3-7-21-19(16)24-8-10-29-11-9-24/h3-7,12,14,22H,8-11,13H2,1-2H3,(H,23,26). The fraction of sp³-hybridized carbons (Fsp3) is 0.400. The zero-order valence-electron chi connectivity index (χ0n) is 16.6. The molecule has 0 atom stereocenters. The van der Waals surface area contributed by atoms with Gasteiger partial charge in [-0.15, -0.1) is 0 Å². The molecule has 0 spiro atoms. The number of hydrogen-bond acceptors (Lipinski definition) is 7. The van der Waals surface area contributed by atoms with Crippen molar-refractivity contribution >= 4 is 23.1 Å². The lowest BCUT2D eigenvalue weighted by atomic mass is 10.1. The lowest BCUT2D eigenvalue weighted by Crippen LogP contribution is -2.37. The Morgan fingerprint density at radius 3 is 2.76 bits per heavy atom. The molecule has 1 saturated heterocycles. The van der Waals surface area contributed by atoms with Crippen molar-refractivity contribution in [3.05, 3.63) is 57.8 Å². The second-order valence-corrected chi connectivity index (χ2v) is 7.06. The molecule has 2 heterocycles. The third kappa shape index (κ3) is 5.20. The van der Waals surface area contributed by atoms with Gasteiger partial charge in [0, 0.05) is 49.1 Å². The van der Waals surface area contributed by atoms with Crippen molar-refractivity contribution < 1.29 is 14.5 Å². The number of nitro groups is 1. The quantitative estimate of drug-likeness (QED) is 0.544. The van der Waals surface area contributed by atoms with E-state index < -0.39 is 4.92 Å². The van der Waals surface area contributed by atoms with Crippen LogP contribution < -0.4 is 15.5 Å². The first kappa shape index (κ1) is 20.5. The molecule has 154 valence electrons. The second kappa shape index (κ2) is 9.33. The number of anilines is 2. The normalized spacial score (nSPS) is 14.0. The fourth-order valence-corrected chi connectivity index (χ4v) is 3.14. The van der Waals surface area contributed by atoms with Crippen LogP contribution in [0.5, 0.6) is 0 Å².